The predicted octanol–water partition coefficient (Wildman–Crippen LogP) is 2.31. The molecule has 0 bridgehead atoms. The molecule has 9 heteroatoms. The zero-order valence-corrected chi connectivity index (χ0v) is 15.1. The number of nitrogens with zero attached hydrogens (tertiary/aromatic N) is 1. The molecule has 0 saturated carbocycles. The van der Waals surface area contributed by atoms with E-state index in [0.29, 0.717) is 0 Å². The van der Waals surface area contributed by atoms with E-state index in [9.17, 15) is 23.1 Å². The Morgan fingerprint density at radius 2 is 1.80 bits per heavy atom. The maximum absolute atomic E-state index is 12.4. The molecule has 5 nitrogen and oxygen atoms in total. The molecular weight excluding hydrogens is 361 g/mol. The minimum Gasteiger partial charge on any atom is -0.491 e. The molecule has 144 valence electrons. The topological polar surface area (TPSA) is 75.8 Å². The van der Waals surface area contributed by atoms with Gasteiger partial charge in [0.05, 0.1) is 11.6 Å². The number of hydrogen-bond donors (Lipinski definition) is 2. The van der Waals surface area contributed by atoms with Gasteiger partial charge in [0.1, 0.15) is 18.5 Å². The van der Waals surface area contributed by atoms with Crippen molar-refractivity contribution in [1.82, 2.24) is 4.90 Å². The van der Waals surface area contributed by atoms with Crippen LogP contribution in [0.5, 0.6) is 5.75 Å². The van der Waals surface area contributed by atoms with Gasteiger partial charge >= 0.3 is 6.18 Å². The quantitative estimate of drug-likeness (QED) is 0.756. The molecule has 1 amide bonds. The molecular formula is C16H24ClF3N2O3. The molecule has 1 aromatic rings. The van der Waals surface area contributed by atoms with Crippen molar-refractivity contribution in [2.45, 2.75) is 32.2 Å². The summed E-state index contributed by atoms with van der Waals surface area (Å²) < 4.78 is 42.6. The summed E-state index contributed by atoms with van der Waals surface area (Å²) in [6.45, 7) is 3.50. The van der Waals surface area contributed by atoms with Crippen LogP contribution in [0.4, 0.5) is 13.2 Å². The third-order valence-corrected chi connectivity index (χ3v) is 3.49. The van der Waals surface area contributed by atoms with E-state index in [1.54, 1.807) is 0 Å². The van der Waals surface area contributed by atoms with Crippen LogP contribution in [0.3, 0.4) is 0 Å². The van der Waals surface area contributed by atoms with Crippen molar-refractivity contribution >= 4 is 18.3 Å². The fourth-order valence-corrected chi connectivity index (χ4v) is 1.93. The number of alkyl halides is 3. The molecule has 3 N–H and O–H groups in total. The Balaban J connectivity index is 0.00000576. The fourth-order valence-electron chi connectivity index (χ4n) is 1.93. The number of carbonyl (C=O) groups is 1. The molecule has 0 aromatic heterocycles. The van der Waals surface area contributed by atoms with Crippen LogP contribution < -0.4 is 10.5 Å². The van der Waals surface area contributed by atoms with Crippen molar-refractivity contribution in [3.8, 4) is 5.75 Å². The lowest BCUT2D eigenvalue weighted by atomic mass is 10.0. The summed E-state index contributed by atoms with van der Waals surface area (Å²) in [5, 5.41) is 9.89. The van der Waals surface area contributed by atoms with E-state index in [4.69, 9.17) is 10.5 Å². The van der Waals surface area contributed by atoms with E-state index in [-0.39, 0.29) is 43.1 Å². The maximum Gasteiger partial charge on any atom is 0.416 e. The lowest BCUT2D eigenvalue weighted by Crippen LogP contribution is -2.47. The Bertz CT molecular complexity index is 538. The summed E-state index contributed by atoms with van der Waals surface area (Å²) in [7, 11) is 1.52. The molecule has 0 radical (unpaired) electrons. The zero-order chi connectivity index (χ0) is 18.5. The van der Waals surface area contributed by atoms with Crippen LogP contribution in [-0.4, -0.2) is 48.3 Å². The second-order valence-electron chi connectivity index (χ2n) is 5.98. The van der Waals surface area contributed by atoms with Gasteiger partial charge in [0.25, 0.3) is 0 Å². The van der Waals surface area contributed by atoms with Crippen molar-refractivity contribution in [1.29, 1.82) is 0 Å². The first-order valence-electron chi connectivity index (χ1n) is 7.51. The molecule has 0 spiro atoms. The van der Waals surface area contributed by atoms with Gasteiger partial charge in [-0.25, -0.2) is 0 Å². The van der Waals surface area contributed by atoms with Gasteiger partial charge < -0.3 is 20.5 Å². The number of aliphatic hydroxyl groups excluding tert-OH is 1. The first-order chi connectivity index (χ1) is 11.0. The molecule has 0 aliphatic heterocycles. The highest BCUT2D eigenvalue weighted by Gasteiger charge is 2.30. The SMILES string of the molecule is CC(C)[C@H](N)C(=O)N(C)CC(O)COc1ccc(C(F)(F)F)cc1.Cl. The average molecular weight is 385 g/mol. The van der Waals surface area contributed by atoms with Crippen molar-refractivity contribution in [2.24, 2.45) is 11.7 Å². The molecule has 0 aliphatic rings. The van der Waals surface area contributed by atoms with Crippen LogP contribution >= 0.6 is 12.4 Å². The minimum atomic E-state index is -4.41. The van der Waals surface area contributed by atoms with E-state index in [1.807, 2.05) is 13.8 Å². The maximum atomic E-state index is 12.4. The number of carbonyl (C=O) groups excluding carboxylic acids is 1. The second-order valence-corrected chi connectivity index (χ2v) is 5.98. The average Bonchev–Trinajstić information content (AvgIpc) is 2.50. The summed E-state index contributed by atoms with van der Waals surface area (Å²) in [5.74, 6) is -0.117. The summed E-state index contributed by atoms with van der Waals surface area (Å²) in [6.07, 6.45) is -5.39. The van der Waals surface area contributed by atoms with Gasteiger partial charge in [-0.15, -0.1) is 12.4 Å². The van der Waals surface area contributed by atoms with E-state index in [1.165, 1.54) is 24.1 Å². The van der Waals surface area contributed by atoms with Crippen molar-refractivity contribution in [3.63, 3.8) is 0 Å². The van der Waals surface area contributed by atoms with Crippen LogP contribution in [0.15, 0.2) is 24.3 Å². The van der Waals surface area contributed by atoms with Crippen molar-refractivity contribution in [2.75, 3.05) is 20.2 Å². The summed E-state index contributed by atoms with van der Waals surface area (Å²) in [5.41, 5.74) is 4.98. The highest BCUT2D eigenvalue weighted by molar-refractivity contribution is 5.85. The summed E-state index contributed by atoms with van der Waals surface area (Å²) in [6, 6.07) is 3.51. The minimum absolute atomic E-state index is 0. The third kappa shape index (κ3) is 7.50. The van der Waals surface area contributed by atoms with Gasteiger partial charge in [-0.2, -0.15) is 13.2 Å². The van der Waals surface area contributed by atoms with E-state index in [0.717, 1.165) is 12.1 Å². The summed E-state index contributed by atoms with van der Waals surface area (Å²) in [4.78, 5) is 13.3. The normalized spacial score (nSPS) is 13.8. The predicted molar refractivity (Wildman–Crippen MR) is 90.6 cm³/mol. The van der Waals surface area contributed by atoms with Crippen LogP contribution in [-0.2, 0) is 11.0 Å². The highest BCUT2D eigenvalue weighted by atomic mass is 35.5. The zero-order valence-electron chi connectivity index (χ0n) is 14.3. The number of halogens is 4. The Morgan fingerprint density at radius 3 is 2.24 bits per heavy atom. The molecule has 1 unspecified atom stereocenters. The number of likely N-dealkylation sites (N-methyl/N-ethyl adjacent to an activating group) is 1. The summed E-state index contributed by atoms with van der Waals surface area (Å²) >= 11 is 0. The molecule has 0 fully saturated rings. The van der Waals surface area contributed by atoms with Crippen molar-refractivity contribution in [3.05, 3.63) is 29.8 Å². The number of benzene rings is 1. The van der Waals surface area contributed by atoms with Crippen LogP contribution in [0, 0.1) is 5.92 Å². The molecule has 2 atom stereocenters. The fraction of sp³-hybridized carbons (Fsp3) is 0.562. The Labute approximate surface area is 151 Å². The monoisotopic (exact) mass is 384 g/mol. The first-order valence-corrected chi connectivity index (χ1v) is 7.51. The van der Waals surface area contributed by atoms with Crippen LogP contribution in [0.2, 0.25) is 0 Å². The van der Waals surface area contributed by atoms with Gasteiger partial charge in [0.15, 0.2) is 0 Å². The van der Waals surface area contributed by atoms with E-state index >= 15 is 0 Å². The Hall–Kier alpha value is -1.51. The highest BCUT2D eigenvalue weighted by Crippen LogP contribution is 2.30. The number of aliphatic hydroxyl groups is 1. The lowest BCUT2D eigenvalue weighted by Gasteiger charge is -2.25. The second kappa shape index (κ2) is 9.84. The van der Waals surface area contributed by atoms with Gasteiger partial charge in [0.2, 0.25) is 5.91 Å². The van der Waals surface area contributed by atoms with Crippen molar-refractivity contribution < 1.29 is 27.8 Å². The van der Waals surface area contributed by atoms with Gasteiger partial charge in [-0.3, -0.25) is 4.79 Å². The lowest BCUT2D eigenvalue weighted by molar-refractivity contribution is -0.137. The van der Waals surface area contributed by atoms with E-state index in [2.05, 4.69) is 0 Å². The van der Waals surface area contributed by atoms with Crippen LogP contribution in [0.1, 0.15) is 19.4 Å². The van der Waals surface area contributed by atoms with Gasteiger partial charge in [-0.1, -0.05) is 13.8 Å². The molecule has 0 aliphatic carbocycles. The smallest absolute Gasteiger partial charge is 0.416 e. The van der Waals surface area contributed by atoms with E-state index < -0.39 is 23.9 Å². The Morgan fingerprint density at radius 1 is 1.28 bits per heavy atom. The third-order valence-electron chi connectivity index (χ3n) is 3.49. The molecule has 0 saturated heterocycles. The molecule has 1 aromatic carbocycles. The first kappa shape index (κ1) is 23.5. The number of rotatable bonds is 7. The molecule has 1 rings (SSSR count). The molecule has 25 heavy (non-hydrogen) atoms. The van der Waals surface area contributed by atoms with Crippen LogP contribution in [0.25, 0.3) is 0 Å². The molecule has 0 heterocycles. The number of nitrogens with two attached hydrogens (primary N) is 1. The largest absolute Gasteiger partial charge is 0.491 e. The Kier molecular flexibility index (Phi) is 9.24. The van der Waals surface area contributed by atoms with Gasteiger partial charge in [0, 0.05) is 13.6 Å². The number of amides is 1. The van der Waals surface area contributed by atoms with Gasteiger partial charge in [-0.05, 0) is 30.2 Å². The number of ether oxygens (including phenoxy) is 1. The standard InChI is InChI=1S/C16H23F3N2O3.ClH/c1-10(2)14(20)15(23)21(3)8-12(22)9-24-13-6-4-11(5-7-13)16(17,18)19;/h4-7,10,12,14,22H,8-9,20H2,1-3H3;1H/t12?,14-;/m0./s1. The number of hydrogen-bond acceptors (Lipinski definition) is 4.